The molecule has 1 atom stereocenters. The molecule has 1 N–H and O–H groups in total. The molecule has 0 aliphatic carbocycles. The minimum absolute atomic E-state index is 0.0847. The molecule has 1 nitrogen and oxygen atoms in total. The number of alkyl halides is 1. The fourth-order valence-electron chi connectivity index (χ4n) is 0.412. The number of aliphatic hydroxyl groups is 1. The molecule has 0 amide bonds. The summed E-state index contributed by atoms with van der Waals surface area (Å²) >= 11 is -0.0847. The van der Waals surface area contributed by atoms with Crippen molar-refractivity contribution in [1.29, 1.82) is 0 Å². The number of allylic oxidation sites excluding steroid dienone is 1. The van der Waals surface area contributed by atoms with E-state index in [0.29, 0.717) is 0 Å². The van der Waals surface area contributed by atoms with E-state index in [-0.39, 0.29) is 20.7 Å². The van der Waals surface area contributed by atoms with E-state index in [4.69, 9.17) is 5.11 Å². The van der Waals surface area contributed by atoms with Crippen molar-refractivity contribution in [2.75, 3.05) is 0 Å². The molecule has 0 saturated heterocycles. The average Bonchev–Trinajstić information content (AvgIpc) is 1.84. The zero-order valence-corrected chi connectivity index (χ0v) is 6.21. The summed E-state index contributed by atoms with van der Waals surface area (Å²) in [5.41, 5.74) is 0. The van der Waals surface area contributed by atoms with Crippen LogP contribution < -0.4 is 0 Å². The summed E-state index contributed by atoms with van der Waals surface area (Å²) in [6.45, 7) is 1.85. The lowest BCUT2D eigenvalue weighted by molar-refractivity contribution is 0.227. The molecule has 2 heteroatoms. The highest BCUT2D eigenvalue weighted by Crippen LogP contribution is 2.25. The van der Waals surface area contributed by atoms with Crippen LogP contribution in [0.2, 0.25) is 0 Å². The molecule has 1 unspecified atom stereocenters. The third-order valence-corrected chi connectivity index (χ3v) is 3.15. The number of halogens is 1. The summed E-state index contributed by atoms with van der Waals surface area (Å²) in [5.74, 6) is 0. The first-order valence-electron chi connectivity index (χ1n) is 2.09. The predicted molar refractivity (Wildman–Crippen MR) is 39.8 cm³/mol. The summed E-state index contributed by atoms with van der Waals surface area (Å²) < 4.78 is 1.64. The Hall–Kier alpha value is 0.300. The van der Waals surface area contributed by atoms with Crippen molar-refractivity contribution >= 4 is 24.7 Å². The number of rotatable bonds is 0. The Kier molecular flexibility index (Phi) is 1.30. The van der Waals surface area contributed by atoms with E-state index in [1.807, 2.05) is 19.1 Å². The van der Waals surface area contributed by atoms with Crippen LogP contribution in [0.3, 0.4) is 0 Å². The normalized spacial score (nSPS) is 38.6. The van der Waals surface area contributed by atoms with E-state index in [1.165, 1.54) is 0 Å². The van der Waals surface area contributed by atoms with Gasteiger partial charge < -0.3 is 5.11 Å². The first-order chi connectivity index (χ1) is 3.21. The van der Waals surface area contributed by atoms with E-state index in [9.17, 15) is 0 Å². The first kappa shape index (κ1) is 5.44. The molecule has 0 spiro atoms. The Bertz CT molecular complexity index is 110. The molecule has 40 valence electrons. The second-order valence-corrected chi connectivity index (χ2v) is 5.14. The van der Waals surface area contributed by atoms with Gasteiger partial charge in [-0.2, -0.15) is 0 Å². The zero-order valence-electron chi connectivity index (χ0n) is 4.06. The molecule has 7 heavy (non-hydrogen) atoms. The van der Waals surface area contributed by atoms with Crippen molar-refractivity contribution < 1.29 is 5.11 Å². The maximum Gasteiger partial charge on any atom is 0.126 e. The van der Waals surface area contributed by atoms with Crippen molar-refractivity contribution in [3.05, 3.63) is 12.2 Å². The van der Waals surface area contributed by atoms with Gasteiger partial charge in [0, 0.05) is 0 Å². The van der Waals surface area contributed by atoms with Crippen molar-refractivity contribution in [2.24, 2.45) is 0 Å². The Balaban J connectivity index is 2.77. The minimum atomic E-state index is -0.432. The topological polar surface area (TPSA) is 20.2 Å². The highest BCUT2D eigenvalue weighted by molar-refractivity contribution is 14.2. The van der Waals surface area contributed by atoms with Gasteiger partial charge in [-0.05, 0) is 17.0 Å². The van der Waals surface area contributed by atoms with E-state index in [1.54, 1.807) is 0 Å². The molecule has 0 aromatic rings. The van der Waals surface area contributed by atoms with Gasteiger partial charge in [-0.1, -0.05) is 26.8 Å². The van der Waals surface area contributed by atoms with Gasteiger partial charge in [0.15, 0.2) is 0 Å². The number of hydrogen-bond donors (Lipinski definition) is 1. The second-order valence-electron chi connectivity index (χ2n) is 1.62. The van der Waals surface area contributed by atoms with Gasteiger partial charge in [0.25, 0.3) is 0 Å². The van der Waals surface area contributed by atoms with Gasteiger partial charge >= 0.3 is 0 Å². The monoisotopic (exact) mass is 210 g/mol. The Morgan fingerprint density at radius 1 is 1.71 bits per heavy atom. The molecule has 0 aromatic heterocycles. The van der Waals surface area contributed by atoms with E-state index in [0.717, 1.165) is 0 Å². The Morgan fingerprint density at radius 2 is 2.43 bits per heavy atom. The van der Waals surface area contributed by atoms with E-state index >= 15 is 0 Å². The van der Waals surface area contributed by atoms with E-state index in [2.05, 4.69) is 4.01 Å². The zero-order chi connectivity index (χ0) is 5.33. The standard InChI is InChI=1S/C5H7IO/c1-5(7)3-2-4-6-5/h2-4,7H,1H3. The summed E-state index contributed by atoms with van der Waals surface area (Å²) in [6.07, 6.45) is 3.79. The van der Waals surface area contributed by atoms with Crippen LogP contribution in [-0.2, 0) is 0 Å². The summed E-state index contributed by atoms with van der Waals surface area (Å²) in [4.78, 5) is 0. The van der Waals surface area contributed by atoms with Crippen LogP contribution >= 0.6 is 20.7 Å². The SMILES string of the molecule is CC1(O)C=CC=I1. The van der Waals surface area contributed by atoms with Crippen molar-refractivity contribution in [3.8, 4) is 0 Å². The van der Waals surface area contributed by atoms with Crippen LogP contribution in [0.15, 0.2) is 12.2 Å². The average molecular weight is 210 g/mol. The summed E-state index contributed by atoms with van der Waals surface area (Å²) in [5, 5.41) is 9.13. The molecule has 1 heterocycles. The van der Waals surface area contributed by atoms with Gasteiger partial charge in [-0.15, -0.1) is 0 Å². The van der Waals surface area contributed by atoms with Crippen LogP contribution in [0.1, 0.15) is 6.92 Å². The van der Waals surface area contributed by atoms with Crippen LogP contribution in [0.4, 0.5) is 0 Å². The molecule has 0 bridgehead atoms. The first-order valence-corrected chi connectivity index (χ1v) is 4.41. The third kappa shape index (κ3) is 1.35. The highest BCUT2D eigenvalue weighted by Gasteiger charge is 2.13. The molecule has 1 aliphatic heterocycles. The summed E-state index contributed by atoms with van der Waals surface area (Å²) in [6, 6.07) is 0. The van der Waals surface area contributed by atoms with E-state index < -0.39 is 3.61 Å². The quantitative estimate of drug-likeness (QED) is 0.467. The molecule has 1 aliphatic rings. The van der Waals surface area contributed by atoms with Crippen LogP contribution in [0.25, 0.3) is 0 Å². The highest BCUT2D eigenvalue weighted by atomic mass is 127. The lowest BCUT2D eigenvalue weighted by atomic mass is 10.4. The molecule has 0 radical (unpaired) electrons. The maximum absolute atomic E-state index is 9.13. The second kappa shape index (κ2) is 1.67. The lowest BCUT2D eigenvalue weighted by Gasteiger charge is -2.05. The van der Waals surface area contributed by atoms with Gasteiger partial charge in [0.1, 0.15) is 3.61 Å². The third-order valence-electron chi connectivity index (χ3n) is 0.757. The van der Waals surface area contributed by atoms with Crippen molar-refractivity contribution in [1.82, 2.24) is 0 Å². The maximum atomic E-state index is 9.13. The molecule has 0 aromatic carbocycles. The molecular weight excluding hydrogens is 203 g/mol. The van der Waals surface area contributed by atoms with Gasteiger partial charge in [-0.3, -0.25) is 0 Å². The van der Waals surface area contributed by atoms with Crippen molar-refractivity contribution in [2.45, 2.75) is 10.5 Å². The lowest BCUT2D eigenvalue weighted by Crippen LogP contribution is -2.06. The van der Waals surface area contributed by atoms with Gasteiger partial charge in [-0.25, -0.2) is 0 Å². The minimum Gasteiger partial charge on any atom is -0.377 e. The summed E-state index contributed by atoms with van der Waals surface area (Å²) in [7, 11) is 0. The molecule has 1 rings (SSSR count). The van der Waals surface area contributed by atoms with Gasteiger partial charge in [0.2, 0.25) is 0 Å². The Morgan fingerprint density at radius 3 is 2.57 bits per heavy atom. The number of hydrogen-bond acceptors (Lipinski definition) is 1. The van der Waals surface area contributed by atoms with Gasteiger partial charge in [0.05, 0.1) is 0 Å². The van der Waals surface area contributed by atoms with Crippen molar-refractivity contribution in [3.63, 3.8) is 0 Å². The predicted octanol–water partition coefficient (Wildman–Crippen LogP) is 1.04. The molecule has 0 fully saturated rings. The fraction of sp³-hybridized carbons (Fsp3) is 0.400. The largest absolute Gasteiger partial charge is 0.377 e. The van der Waals surface area contributed by atoms with Crippen LogP contribution in [0.5, 0.6) is 0 Å². The smallest absolute Gasteiger partial charge is 0.126 e. The fourth-order valence-corrected chi connectivity index (χ4v) is 1.97. The molecule has 0 saturated carbocycles. The Labute approximate surface area is 52.8 Å². The van der Waals surface area contributed by atoms with Crippen LogP contribution in [0, 0.1) is 0 Å². The molecular formula is C5H7IO. The van der Waals surface area contributed by atoms with Crippen LogP contribution in [-0.4, -0.2) is 12.7 Å².